The second-order valence-corrected chi connectivity index (χ2v) is 13.9. The van der Waals surface area contributed by atoms with Crippen LogP contribution in [0.2, 0.25) is 0 Å². The van der Waals surface area contributed by atoms with Gasteiger partial charge in [0, 0.05) is 29.7 Å². The Hall–Kier alpha value is -4.48. The van der Waals surface area contributed by atoms with Gasteiger partial charge in [-0.05, 0) is 121 Å². The maximum absolute atomic E-state index is 13.7. The molecular formula is C40H41BrF3N3O4. The van der Waals surface area contributed by atoms with Crippen LogP contribution in [0.4, 0.5) is 13.2 Å². The summed E-state index contributed by atoms with van der Waals surface area (Å²) in [6.45, 7) is 2.02. The fourth-order valence-electron chi connectivity index (χ4n) is 6.30. The number of hydrogen-bond donors (Lipinski definition) is 2. The van der Waals surface area contributed by atoms with Gasteiger partial charge in [-0.25, -0.2) is 4.79 Å². The van der Waals surface area contributed by atoms with Crippen molar-refractivity contribution in [1.82, 2.24) is 10.2 Å². The summed E-state index contributed by atoms with van der Waals surface area (Å²) in [7, 11) is 0. The molecule has 11 heteroatoms. The molecule has 7 nitrogen and oxygen atoms in total. The van der Waals surface area contributed by atoms with E-state index in [0.717, 1.165) is 64.5 Å². The fourth-order valence-corrected chi connectivity index (χ4v) is 6.75. The van der Waals surface area contributed by atoms with Gasteiger partial charge < -0.3 is 20.7 Å². The molecular weight excluding hydrogens is 723 g/mol. The smallest absolute Gasteiger partial charge is 0.420 e. The minimum absolute atomic E-state index is 0.0931. The summed E-state index contributed by atoms with van der Waals surface area (Å²) in [5.74, 6) is -1.65. The molecule has 0 aromatic heterocycles. The zero-order chi connectivity index (χ0) is 36.4. The summed E-state index contributed by atoms with van der Waals surface area (Å²) in [4.78, 5) is 39.7. The number of rotatable bonds is 13. The van der Waals surface area contributed by atoms with Crippen LogP contribution in [0.5, 0.6) is 5.75 Å². The third kappa shape index (κ3) is 11.3. The van der Waals surface area contributed by atoms with Crippen LogP contribution in [0.15, 0.2) is 102 Å². The minimum Gasteiger partial charge on any atom is -0.420 e. The molecule has 0 atom stereocenters. The number of benzene rings is 4. The number of ether oxygens (including phenoxy) is 1. The Morgan fingerprint density at radius 3 is 2.14 bits per heavy atom. The summed E-state index contributed by atoms with van der Waals surface area (Å²) in [6.07, 6.45) is -0.128. The van der Waals surface area contributed by atoms with Crippen molar-refractivity contribution in [3.05, 3.63) is 124 Å². The van der Waals surface area contributed by atoms with Crippen molar-refractivity contribution in [2.24, 2.45) is 17.6 Å². The van der Waals surface area contributed by atoms with E-state index >= 15 is 0 Å². The number of nitrogens with one attached hydrogen (secondary N) is 1. The highest BCUT2D eigenvalue weighted by molar-refractivity contribution is 9.10. The average molecular weight is 765 g/mol. The second kappa shape index (κ2) is 17.6. The zero-order valence-electron chi connectivity index (χ0n) is 28.1. The number of esters is 1. The lowest BCUT2D eigenvalue weighted by Crippen LogP contribution is -2.33. The van der Waals surface area contributed by atoms with Gasteiger partial charge >= 0.3 is 12.1 Å². The van der Waals surface area contributed by atoms with Gasteiger partial charge in [0.2, 0.25) is 5.91 Å². The molecule has 0 heterocycles. The van der Waals surface area contributed by atoms with Crippen molar-refractivity contribution in [2.75, 3.05) is 19.6 Å². The summed E-state index contributed by atoms with van der Waals surface area (Å²) in [6, 6.07) is 28.7. The van der Waals surface area contributed by atoms with Crippen LogP contribution in [0.3, 0.4) is 0 Å². The van der Waals surface area contributed by atoms with Gasteiger partial charge in [0.25, 0.3) is 5.91 Å². The van der Waals surface area contributed by atoms with Crippen LogP contribution in [0.25, 0.3) is 11.1 Å². The van der Waals surface area contributed by atoms with E-state index in [9.17, 15) is 27.6 Å². The number of hydrogen-bond acceptors (Lipinski definition) is 5. The van der Waals surface area contributed by atoms with Crippen molar-refractivity contribution in [3.63, 3.8) is 0 Å². The maximum Gasteiger partial charge on any atom is 0.491 e. The normalized spacial score (nSPS) is 15.9. The molecule has 0 aliphatic heterocycles. The Morgan fingerprint density at radius 2 is 1.45 bits per heavy atom. The third-order valence-corrected chi connectivity index (χ3v) is 9.74. The largest absolute Gasteiger partial charge is 0.491 e. The molecule has 1 aliphatic carbocycles. The molecule has 0 saturated heterocycles. The molecule has 51 heavy (non-hydrogen) atoms. The number of nitrogens with zero attached hydrogens (tertiary/aromatic N) is 1. The Kier molecular flexibility index (Phi) is 13.1. The summed E-state index contributed by atoms with van der Waals surface area (Å²) in [5.41, 5.74) is 10.7. The van der Waals surface area contributed by atoms with Crippen LogP contribution in [-0.4, -0.2) is 48.5 Å². The molecule has 4 aromatic carbocycles. The Balaban J connectivity index is 1.27. The average Bonchev–Trinajstić information content (AvgIpc) is 3.13. The fraction of sp³-hybridized carbons (Fsp3) is 0.325. The Labute approximate surface area is 304 Å². The lowest BCUT2D eigenvalue weighted by Gasteiger charge is -2.27. The van der Waals surface area contributed by atoms with Gasteiger partial charge in [0.15, 0.2) is 0 Å². The molecule has 268 valence electrons. The zero-order valence-corrected chi connectivity index (χ0v) is 29.7. The number of carbonyl (C=O) groups is 3. The number of nitrogens with two attached hydrogens (primary N) is 1. The van der Waals surface area contributed by atoms with Gasteiger partial charge in [0.1, 0.15) is 5.75 Å². The molecule has 1 aliphatic rings. The van der Waals surface area contributed by atoms with Gasteiger partial charge in [0.05, 0.1) is 6.42 Å². The molecule has 3 N–H and O–H groups in total. The van der Waals surface area contributed by atoms with Crippen molar-refractivity contribution in [2.45, 2.75) is 51.2 Å². The maximum atomic E-state index is 13.7. The Morgan fingerprint density at radius 1 is 0.804 bits per heavy atom. The summed E-state index contributed by atoms with van der Waals surface area (Å²) >= 11 is 3.46. The molecule has 0 spiro atoms. The van der Waals surface area contributed by atoms with Crippen molar-refractivity contribution in [1.29, 1.82) is 0 Å². The first-order valence-corrected chi connectivity index (χ1v) is 17.8. The Bertz CT molecular complexity index is 1810. The monoisotopic (exact) mass is 763 g/mol. The lowest BCUT2D eigenvalue weighted by molar-refractivity contribution is -0.189. The number of amides is 2. The van der Waals surface area contributed by atoms with Crippen LogP contribution in [0, 0.1) is 11.8 Å². The van der Waals surface area contributed by atoms with E-state index in [4.69, 9.17) is 5.73 Å². The molecule has 0 unspecified atom stereocenters. The van der Waals surface area contributed by atoms with Crippen molar-refractivity contribution >= 4 is 33.7 Å². The van der Waals surface area contributed by atoms with Gasteiger partial charge in [-0.15, -0.1) is 0 Å². The third-order valence-electron chi connectivity index (χ3n) is 9.24. The molecule has 1 fully saturated rings. The second-order valence-electron chi connectivity index (χ2n) is 13.0. The molecule has 1 saturated carbocycles. The quantitative estimate of drug-likeness (QED) is 0.107. The summed E-state index contributed by atoms with van der Waals surface area (Å²) in [5, 5.41) is 3.11. The summed E-state index contributed by atoms with van der Waals surface area (Å²) < 4.78 is 43.1. The van der Waals surface area contributed by atoms with Crippen LogP contribution < -0.4 is 15.8 Å². The molecule has 2 amide bonds. The van der Waals surface area contributed by atoms with Gasteiger partial charge in [-0.1, -0.05) is 70.5 Å². The van der Waals surface area contributed by atoms with Crippen LogP contribution in [-0.2, 0) is 29.0 Å². The number of alkyl halides is 3. The van der Waals surface area contributed by atoms with E-state index in [0.29, 0.717) is 43.5 Å². The molecule has 0 radical (unpaired) electrons. The van der Waals surface area contributed by atoms with Gasteiger partial charge in [-0.3, -0.25) is 9.59 Å². The van der Waals surface area contributed by atoms with Crippen LogP contribution >= 0.6 is 15.9 Å². The SMILES string of the molecule is NCC1CCC(CNC(=O)c2cccc(-c3cccc(CN(CCc4ccc(OC(=O)C(F)(F)F)cc4)C(=O)Cc4cccc(Br)c4)c3)c2)CC1. The first-order chi connectivity index (χ1) is 24.5. The van der Waals surface area contributed by atoms with E-state index in [-0.39, 0.29) is 24.0 Å². The van der Waals surface area contributed by atoms with E-state index in [1.807, 2.05) is 72.8 Å². The highest BCUT2D eigenvalue weighted by Crippen LogP contribution is 2.28. The predicted molar refractivity (Wildman–Crippen MR) is 194 cm³/mol. The van der Waals surface area contributed by atoms with E-state index in [2.05, 4.69) is 26.0 Å². The van der Waals surface area contributed by atoms with E-state index in [1.54, 1.807) is 17.0 Å². The topological polar surface area (TPSA) is 102 Å². The lowest BCUT2D eigenvalue weighted by atomic mass is 9.82. The minimum atomic E-state index is -5.09. The number of halogens is 4. The first kappa shape index (κ1) is 37.8. The van der Waals surface area contributed by atoms with E-state index < -0.39 is 12.1 Å². The standard InChI is InChI=1S/C40H41BrF3N3O4/c41-35-9-2-4-30(21-35)22-37(48)47(19-18-27-14-16-36(17-15-27)51-39(50)40(42,43)44)26-31-5-1-6-32(20-31)33-7-3-8-34(23-33)38(49)46-25-29-12-10-28(24-45)11-13-29/h1-9,14-17,20-21,23,28-29H,10-13,18-19,22,24-26,45H2,(H,46,49). The number of carbonyl (C=O) groups excluding carboxylic acids is 3. The van der Waals surface area contributed by atoms with Crippen LogP contribution in [0.1, 0.15) is 52.7 Å². The van der Waals surface area contributed by atoms with Crippen molar-refractivity contribution in [3.8, 4) is 16.9 Å². The first-order valence-electron chi connectivity index (χ1n) is 17.0. The highest BCUT2D eigenvalue weighted by Gasteiger charge is 2.41. The van der Waals surface area contributed by atoms with Crippen molar-refractivity contribution < 1.29 is 32.3 Å². The molecule has 0 bridgehead atoms. The van der Waals surface area contributed by atoms with E-state index in [1.165, 1.54) is 12.1 Å². The predicted octanol–water partition coefficient (Wildman–Crippen LogP) is 7.89. The highest BCUT2D eigenvalue weighted by atomic mass is 79.9. The molecule has 4 aromatic rings. The molecule has 5 rings (SSSR count). The van der Waals surface area contributed by atoms with Gasteiger partial charge in [-0.2, -0.15) is 13.2 Å².